The molecule has 0 saturated heterocycles. The third-order valence-electron chi connectivity index (χ3n) is 1.84. The van der Waals surface area contributed by atoms with E-state index in [-0.39, 0.29) is 0 Å². The Morgan fingerprint density at radius 2 is 1.67 bits per heavy atom. The summed E-state index contributed by atoms with van der Waals surface area (Å²) in [4.78, 5) is 0. The van der Waals surface area contributed by atoms with Gasteiger partial charge in [0.25, 0.3) is 0 Å². The third-order valence-corrected chi connectivity index (χ3v) is 11.2. The van der Waals surface area contributed by atoms with Crippen LogP contribution in [-0.2, 0) is 8.23 Å². The van der Waals surface area contributed by atoms with Crippen LogP contribution in [0.3, 0.4) is 0 Å². The van der Waals surface area contributed by atoms with Crippen LogP contribution in [0, 0.1) is 0 Å². The second-order valence-corrected chi connectivity index (χ2v) is 16.3. The molecule has 0 spiro atoms. The smallest absolute Gasteiger partial charge is 0.314 e. The second-order valence-electron chi connectivity index (χ2n) is 5.41. The predicted molar refractivity (Wildman–Crippen MR) is 74.5 cm³/mol. The lowest BCUT2D eigenvalue weighted by Gasteiger charge is -2.35. The summed E-state index contributed by atoms with van der Waals surface area (Å²) in [7, 11) is -4.43. The van der Waals surface area contributed by atoms with E-state index in [0.29, 0.717) is 0 Å². The Morgan fingerprint density at radius 3 is 2.00 bits per heavy atom. The van der Waals surface area contributed by atoms with E-state index in [1.54, 1.807) is 0 Å². The molecule has 0 aromatic heterocycles. The average molecular weight is 266 g/mol. The minimum Gasteiger partial charge on any atom is -0.439 e. The van der Waals surface area contributed by atoms with Gasteiger partial charge in [-0.1, -0.05) is 0 Å². The fourth-order valence-corrected chi connectivity index (χ4v) is 13.2. The molecule has 0 rings (SSSR count). The topological polar surface area (TPSA) is 44.5 Å². The molecule has 0 amide bonds. The minimum absolute atomic E-state index is 0.737. The van der Waals surface area contributed by atoms with Crippen LogP contribution in [0.2, 0.25) is 45.3 Å². The fraction of sp³-hybridized carbons (Fsp3) is 1.00. The van der Waals surface area contributed by atoms with Crippen LogP contribution in [0.1, 0.15) is 6.42 Å². The summed E-state index contributed by atoms with van der Waals surface area (Å²) in [6.45, 7) is 14.0. The van der Waals surface area contributed by atoms with E-state index in [9.17, 15) is 0 Å². The lowest BCUT2D eigenvalue weighted by molar-refractivity contribution is 0.391. The molecule has 0 aliphatic rings. The number of hydrogen-bond donors (Lipinski definition) is 1. The third kappa shape index (κ3) is 8.35. The van der Waals surface area contributed by atoms with Gasteiger partial charge < -0.3 is 14.0 Å². The second kappa shape index (κ2) is 6.31. The summed E-state index contributed by atoms with van der Waals surface area (Å²) in [5.74, 6) is 0. The highest BCUT2D eigenvalue weighted by molar-refractivity contribution is 6.84. The summed E-state index contributed by atoms with van der Waals surface area (Å²) in [6.07, 6.45) is 1.02. The Balaban J connectivity index is 4.40. The van der Waals surface area contributed by atoms with Gasteiger partial charge in [0.2, 0.25) is 0 Å². The van der Waals surface area contributed by atoms with E-state index < -0.39 is 25.9 Å². The van der Waals surface area contributed by atoms with E-state index in [2.05, 4.69) is 39.3 Å². The Morgan fingerprint density at radius 1 is 1.13 bits per heavy atom. The van der Waals surface area contributed by atoms with Crippen molar-refractivity contribution in [1.82, 2.24) is 0 Å². The predicted octanol–water partition coefficient (Wildman–Crippen LogP) is 2.26. The molecule has 2 N–H and O–H groups in total. The fourth-order valence-electron chi connectivity index (χ4n) is 1.70. The van der Waals surface area contributed by atoms with Gasteiger partial charge >= 0.3 is 8.56 Å². The summed E-state index contributed by atoms with van der Waals surface area (Å²) in [5, 5.41) is 0. The summed E-state index contributed by atoms with van der Waals surface area (Å²) in [6, 6.07) is 1.04. The van der Waals surface area contributed by atoms with Gasteiger partial charge in [-0.2, -0.15) is 0 Å². The summed E-state index contributed by atoms with van der Waals surface area (Å²) < 4.78 is 12.4. The van der Waals surface area contributed by atoms with Gasteiger partial charge in [-0.3, -0.25) is 0 Å². The zero-order valence-corrected chi connectivity index (χ0v) is 14.2. The molecule has 0 aliphatic heterocycles. The molecule has 1 unspecified atom stereocenters. The standard InChI is InChI=1S/C9H27NO2Si3/c1-13(2)11-15(6,9-7-8-10)12-14(3,4)5/h13H,7-10H2,1-6H3. The van der Waals surface area contributed by atoms with E-state index in [1.807, 2.05) is 0 Å². The minimum atomic E-state index is -1.93. The van der Waals surface area contributed by atoms with Crippen molar-refractivity contribution in [1.29, 1.82) is 0 Å². The molecule has 15 heavy (non-hydrogen) atoms. The van der Waals surface area contributed by atoms with Crippen LogP contribution in [0.25, 0.3) is 0 Å². The molecular weight excluding hydrogens is 238 g/mol. The lowest BCUT2D eigenvalue weighted by Crippen LogP contribution is -2.49. The van der Waals surface area contributed by atoms with Gasteiger partial charge in [0.1, 0.15) is 0 Å². The SMILES string of the molecule is C[SiH](C)O[Si](C)(CCCN)O[Si](C)(C)C. The first-order valence-corrected chi connectivity index (χ1v) is 14.5. The molecule has 6 heteroatoms. The highest BCUT2D eigenvalue weighted by atomic mass is 28.5. The van der Waals surface area contributed by atoms with E-state index in [1.165, 1.54) is 0 Å². The van der Waals surface area contributed by atoms with Gasteiger partial charge in [0.15, 0.2) is 17.4 Å². The van der Waals surface area contributed by atoms with E-state index in [4.69, 9.17) is 14.0 Å². The number of rotatable bonds is 7. The van der Waals surface area contributed by atoms with Gasteiger partial charge in [-0.15, -0.1) is 0 Å². The molecule has 0 aliphatic carbocycles. The molecule has 0 aromatic rings. The van der Waals surface area contributed by atoms with Crippen LogP contribution in [0.5, 0.6) is 0 Å². The molecule has 3 nitrogen and oxygen atoms in total. The first-order chi connectivity index (χ1) is 6.68. The van der Waals surface area contributed by atoms with Crippen LogP contribution in [-0.4, -0.2) is 32.5 Å². The highest BCUT2D eigenvalue weighted by Crippen LogP contribution is 2.21. The van der Waals surface area contributed by atoms with Gasteiger partial charge in [-0.05, 0) is 58.3 Å². The lowest BCUT2D eigenvalue weighted by atomic mass is 10.5. The van der Waals surface area contributed by atoms with E-state index in [0.717, 1.165) is 19.0 Å². The zero-order chi connectivity index (χ0) is 12.1. The zero-order valence-electron chi connectivity index (χ0n) is 11.1. The Bertz CT molecular complexity index is 185. The van der Waals surface area contributed by atoms with Crippen molar-refractivity contribution in [3.05, 3.63) is 0 Å². The Hall–Kier alpha value is 0.531. The molecule has 0 saturated carbocycles. The van der Waals surface area contributed by atoms with Crippen LogP contribution < -0.4 is 5.73 Å². The van der Waals surface area contributed by atoms with Crippen LogP contribution >= 0.6 is 0 Å². The molecule has 0 radical (unpaired) electrons. The molecule has 0 bridgehead atoms. The molecular formula is C9H27NO2Si3. The maximum absolute atomic E-state index is 6.27. The normalized spacial score (nSPS) is 16.8. The monoisotopic (exact) mass is 265 g/mol. The van der Waals surface area contributed by atoms with Crippen molar-refractivity contribution in [2.75, 3.05) is 6.54 Å². The molecule has 1 atom stereocenters. The largest absolute Gasteiger partial charge is 0.439 e. The van der Waals surface area contributed by atoms with Crippen molar-refractivity contribution >= 4 is 25.9 Å². The summed E-state index contributed by atoms with van der Waals surface area (Å²) >= 11 is 0. The van der Waals surface area contributed by atoms with Gasteiger partial charge in [0.05, 0.1) is 0 Å². The highest BCUT2D eigenvalue weighted by Gasteiger charge is 2.36. The number of nitrogens with two attached hydrogens (primary N) is 1. The quantitative estimate of drug-likeness (QED) is 0.718. The maximum atomic E-state index is 6.27. The van der Waals surface area contributed by atoms with Crippen molar-refractivity contribution in [3.63, 3.8) is 0 Å². The van der Waals surface area contributed by atoms with Crippen LogP contribution in [0.15, 0.2) is 0 Å². The van der Waals surface area contributed by atoms with Crippen LogP contribution in [0.4, 0.5) is 0 Å². The van der Waals surface area contributed by atoms with Crippen molar-refractivity contribution in [2.24, 2.45) is 5.73 Å². The Labute approximate surface area is 98.5 Å². The molecule has 0 aromatic carbocycles. The Kier molecular flexibility index (Phi) is 6.53. The van der Waals surface area contributed by atoms with Gasteiger partial charge in [-0.25, -0.2) is 0 Å². The van der Waals surface area contributed by atoms with E-state index >= 15 is 0 Å². The first kappa shape index (κ1) is 15.5. The molecule has 0 fully saturated rings. The first-order valence-electron chi connectivity index (χ1n) is 5.76. The van der Waals surface area contributed by atoms with Gasteiger partial charge in [0, 0.05) is 0 Å². The number of hydrogen-bond acceptors (Lipinski definition) is 3. The molecule has 92 valence electrons. The van der Waals surface area contributed by atoms with Crippen molar-refractivity contribution < 1.29 is 8.23 Å². The average Bonchev–Trinajstić information content (AvgIpc) is 1.95. The summed E-state index contributed by atoms with van der Waals surface area (Å²) in [5.41, 5.74) is 5.56. The van der Waals surface area contributed by atoms with Crippen molar-refractivity contribution in [3.8, 4) is 0 Å². The van der Waals surface area contributed by atoms with Crippen molar-refractivity contribution in [2.45, 2.75) is 51.7 Å². The maximum Gasteiger partial charge on any atom is 0.314 e. The molecule has 0 heterocycles.